The third kappa shape index (κ3) is 2.81. The van der Waals surface area contributed by atoms with Crippen molar-refractivity contribution in [3.63, 3.8) is 0 Å². The molecule has 0 bridgehead atoms. The fraction of sp³-hybridized carbons (Fsp3) is 0.471. The molecule has 1 aromatic carbocycles. The number of nitrogens with zero attached hydrogens (tertiary/aromatic N) is 2. The molecule has 1 fully saturated rings. The Bertz CT molecular complexity index is 652. The molecule has 1 N–H and O–H groups in total. The molecular formula is C17H22N2O2. The highest BCUT2D eigenvalue weighted by atomic mass is 16.4. The number of aromatic nitrogens is 1. The molecule has 4 nitrogen and oxygen atoms in total. The van der Waals surface area contributed by atoms with Crippen LogP contribution in [0.1, 0.15) is 41.7 Å². The Kier molecular flexibility index (Phi) is 3.97. The van der Waals surface area contributed by atoms with Gasteiger partial charge in [0.15, 0.2) is 0 Å². The molecule has 1 aliphatic rings. The van der Waals surface area contributed by atoms with Gasteiger partial charge >= 0.3 is 5.97 Å². The molecule has 1 saturated heterocycles. The molecule has 112 valence electrons. The minimum absolute atomic E-state index is 0.386. The lowest BCUT2D eigenvalue weighted by Crippen LogP contribution is -2.25. The van der Waals surface area contributed by atoms with Crippen LogP contribution in [-0.4, -0.2) is 33.6 Å². The second-order valence-electron chi connectivity index (χ2n) is 5.93. The Morgan fingerprint density at radius 1 is 1.19 bits per heavy atom. The van der Waals surface area contributed by atoms with Crippen LogP contribution in [0, 0.1) is 0 Å². The predicted molar refractivity (Wildman–Crippen MR) is 83.6 cm³/mol. The Balaban J connectivity index is 1.94. The van der Waals surface area contributed by atoms with Crippen LogP contribution < -0.4 is 0 Å². The van der Waals surface area contributed by atoms with E-state index in [0.29, 0.717) is 5.56 Å². The van der Waals surface area contributed by atoms with Crippen molar-refractivity contribution in [2.24, 2.45) is 7.05 Å². The topological polar surface area (TPSA) is 45.5 Å². The highest BCUT2D eigenvalue weighted by molar-refractivity contribution is 6.02. The number of para-hydroxylation sites is 1. The summed E-state index contributed by atoms with van der Waals surface area (Å²) in [5, 5.41) is 10.4. The third-order valence-electron chi connectivity index (χ3n) is 4.47. The predicted octanol–water partition coefficient (Wildman–Crippen LogP) is 3.25. The molecule has 2 aromatic rings. The zero-order chi connectivity index (χ0) is 14.8. The SMILES string of the molecule is Cn1c(CN2CCCCCC2)cc2cccc(C(=O)O)c21. The number of carboxylic acids is 1. The second kappa shape index (κ2) is 5.90. The van der Waals surface area contributed by atoms with Crippen molar-refractivity contribution in [3.8, 4) is 0 Å². The normalized spacial score (nSPS) is 17.0. The number of rotatable bonds is 3. The van der Waals surface area contributed by atoms with Crippen LogP contribution in [0.15, 0.2) is 24.3 Å². The number of carbonyl (C=O) groups is 1. The Labute approximate surface area is 125 Å². The molecule has 2 heterocycles. The van der Waals surface area contributed by atoms with Gasteiger partial charge in [-0.2, -0.15) is 0 Å². The van der Waals surface area contributed by atoms with E-state index in [1.54, 1.807) is 6.07 Å². The van der Waals surface area contributed by atoms with E-state index in [4.69, 9.17) is 0 Å². The monoisotopic (exact) mass is 286 g/mol. The minimum Gasteiger partial charge on any atom is -0.478 e. The molecule has 1 aliphatic heterocycles. The van der Waals surface area contributed by atoms with E-state index in [-0.39, 0.29) is 0 Å². The average Bonchev–Trinajstić information content (AvgIpc) is 2.66. The zero-order valence-electron chi connectivity index (χ0n) is 12.5. The van der Waals surface area contributed by atoms with Gasteiger partial charge in [-0.25, -0.2) is 4.79 Å². The molecule has 0 atom stereocenters. The van der Waals surface area contributed by atoms with Crippen molar-refractivity contribution in [1.29, 1.82) is 0 Å². The first kappa shape index (κ1) is 14.1. The van der Waals surface area contributed by atoms with E-state index >= 15 is 0 Å². The summed E-state index contributed by atoms with van der Waals surface area (Å²) in [5.41, 5.74) is 2.41. The van der Waals surface area contributed by atoms with Gasteiger partial charge < -0.3 is 9.67 Å². The molecule has 0 spiro atoms. The summed E-state index contributed by atoms with van der Waals surface area (Å²) in [6, 6.07) is 7.63. The Morgan fingerprint density at radius 2 is 1.90 bits per heavy atom. The summed E-state index contributed by atoms with van der Waals surface area (Å²) in [5.74, 6) is -0.858. The van der Waals surface area contributed by atoms with Gasteiger partial charge in [0.2, 0.25) is 0 Å². The number of benzene rings is 1. The maximum absolute atomic E-state index is 11.4. The standard InChI is InChI=1S/C17H22N2O2/c1-18-14(12-19-9-4-2-3-5-10-19)11-13-7-6-8-15(16(13)18)17(20)21/h6-8,11H,2-5,9-10,12H2,1H3,(H,20,21). The van der Waals surface area contributed by atoms with Gasteiger partial charge in [-0.15, -0.1) is 0 Å². The number of fused-ring (bicyclic) bond motifs is 1. The first-order chi connectivity index (χ1) is 10.2. The van der Waals surface area contributed by atoms with Crippen molar-refractivity contribution in [3.05, 3.63) is 35.5 Å². The van der Waals surface area contributed by atoms with Crippen molar-refractivity contribution in [2.75, 3.05) is 13.1 Å². The zero-order valence-corrected chi connectivity index (χ0v) is 12.5. The molecular weight excluding hydrogens is 264 g/mol. The molecule has 3 rings (SSSR count). The van der Waals surface area contributed by atoms with Gasteiger partial charge in [-0.3, -0.25) is 4.90 Å². The number of hydrogen-bond donors (Lipinski definition) is 1. The largest absolute Gasteiger partial charge is 0.478 e. The fourth-order valence-corrected chi connectivity index (χ4v) is 3.32. The molecule has 0 saturated carbocycles. The smallest absolute Gasteiger partial charge is 0.337 e. The lowest BCUT2D eigenvalue weighted by atomic mass is 10.1. The number of aromatic carboxylic acids is 1. The second-order valence-corrected chi connectivity index (χ2v) is 5.93. The Morgan fingerprint density at radius 3 is 2.57 bits per heavy atom. The summed E-state index contributed by atoms with van der Waals surface area (Å²) in [6.07, 6.45) is 5.19. The summed E-state index contributed by atoms with van der Waals surface area (Å²) in [7, 11) is 1.97. The lowest BCUT2D eigenvalue weighted by Gasteiger charge is -2.20. The highest BCUT2D eigenvalue weighted by Gasteiger charge is 2.16. The van der Waals surface area contributed by atoms with Gasteiger partial charge in [0.1, 0.15) is 0 Å². The van der Waals surface area contributed by atoms with Gasteiger partial charge in [0.25, 0.3) is 0 Å². The van der Waals surface area contributed by atoms with Crippen LogP contribution >= 0.6 is 0 Å². The summed E-state index contributed by atoms with van der Waals surface area (Å²) >= 11 is 0. The number of carboxylic acid groups (broad SMARTS) is 1. The van der Waals surface area contributed by atoms with E-state index in [2.05, 4.69) is 11.0 Å². The molecule has 1 aromatic heterocycles. The van der Waals surface area contributed by atoms with Gasteiger partial charge in [-0.05, 0) is 38.1 Å². The molecule has 21 heavy (non-hydrogen) atoms. The van der Waals surface area contributed by atoms with Crippen molar-refractivity contribution < 1.29 is 9.90 Å². The first-order valence-electron chi connectivity index (χ1n) is 7.70. The van der Waals surface area contributed by atoms with E-state index in [1.165, 1.54) is 31.4 Å². The van der Waals surface area contributed by atoms with E-state index in [1.807, 2.05) is 23.7 Å². The third-order valence-corrected chi connectivity index (χ3v) is 4.47. The molecule has 4 heteroatoms. The van der Waals surface area contributed by atoms with Crippen LogP contribution in [0.3, 0.4) is 0 Å². The molecule has 0 unspecified atom stereocenters. The van der Waals surface area contributed by atoms with Crippen molar-refractivity contribution in [1.82, 2.24) is 9.47 Å². The molecule has 0 amide bonds. The van der Waals surface area contributed by atoms with Crippen LogP contribution in [0.25, 0.3) is 10.9 Å². The van der Waals surface area contributed by atoms with Crippen molar-refractivity contribution >= 4 is 16.9 Å². The number of likely N-dealkylation sites (tertiary alicyclic amines) is 1. The summed E-state index contributed by atoms with van der Waals surface area (Å²) < 4.78 is 2.05. The van der Waals surface area contributed by atoms with Gasteiger partial charge in [0, 0.05) is 24.7 Å². The maximum Gasteiger partial charge on any atom is 0.337 e. The summed E-state index contributed by atoms with van der Waals surface area (Å²) in [6.45, 7) is 3.20. The maximum atomic E-state index is 11.4. The number of aryl methyl sites for hydroxylation is 1. The van der Waals surface area contributed by atoms with Crippen LogP contribution in [0.2, 0.25) is 0 Å². The van der Waals surface area contributed by atoms with E-state index < -0.39 is 5.97 Å². The highest BCUT2D eigenvalue weighted by Crippen LogP contribution is 2.24. The van der Waals surface area contributed by atoms with Crippen LogP contribution in [0.4, 0.5) is 0 Å². The first-order valence-corrected chi connectivity index (χ1v) is 7.70. The fourth-order valence-electron chi connectivity index (χ4n) is 3.32. The van der Waals surface area contributed by atoms with E-state index in [9.17, 15) is 9.90 Å². The number of hydrogen-bond acceptors (Lipinski definition) is 2. The van der Waals surface area contributed by atoms with E-state index in [0.717, 1.165) is 30.5 Å². The van der Waals surface area contributed by atoms with Crippen LogP contribution in [0.5, 0.6) is 0 Å². The quantitative estimate of drug-likeness (QED) is 0.942. The minimum atomic E-state index is -0.858. The van der Waals surface area contributed by atoms with Gasteiger partial charge in [-0.1, -0.05) is 25.0 Å². The molecule has 0 aliphatic carbocycles. The lowest BCUT2D eigenvalue weighted by molar-refractivity contribution is 0.0698. The van der Waals surface area contributed by atoms with Gasteiger partial charge in [0.05, 0.1) is 11.1 Å². The van der Waals surface area contributed by atoms with Crippen LogP contribution in [-0.2, 0) is 13.6 Å². The molecule has 0 radical (unpaired) electrons. The Hall–Kier alpha value is -1.81. The van der Waals surface area contributed by atoms with Crippen molar-refractivity contribution in [2.45, 2.75) is 32.2 Å². The average molecular weight is 286 g/mol. The summed E-state index contributed by atoms with van der Waals surface area (Å²) in [4.78, 5) is 13.9.